The molecule has 0 aliphatic rings. The maximum atomic E-state index is 11.7. The van der Waals surface area contributed by atoms with Gasteiger partial charge in [0.15, 0.2) is 0 Å². The van der Waals surface area contributed by atoms with Crippen LogP contribution >= 0.6 is 15.9 Å². The first-order chi connectivity index (χ1) is 8.26. The number of esters is 1. The maximum absolute atomic E-state index is 11.7. The van der Waals surface area contributed by atoms with Crippen molar-refractivity contribution in [2.24, 2.45) is 0 Å². The fraction of sp³-hybridized carbons (Fsp3) is 0.154. The van der Waals surface area contributed by atoms with Gasteiger partial charge in [0.1, 0.15) is 0 Å². The zero-order valence-electron chi connectivity index (χ0n) is 9.37. The molecule has 1 aromatic carbocycles. The highest BCUT2D eigenvalue weighted by atomic mass is 79.9. The van der Waals surface area contributed by atoms with Crippen LogP contribution < -0.4 is 0 Å². The molecule has 17 heavy (non-hydrogen) atoms. The Bertz CT molecular complexity index is 572. The normalized spacial score (nSPS) is 11.2. The molecule has 0 atom stereocenters. The molecule has 1 aromatic heterocycles. The number of halogens is 1. The Kier molecular flexibility index (Phi) is 3.64. The van der Waals surface area contributed by atoms with Gasteiger partial charge in [0, 0.05) is 22.4 Å². The number of alkyl halides is 1. The van der Waals surface area contributed by atoms with Crippen molar-refractivity contribution >= 4 is 38.9 Å². The third-order valence-corrected chi connectivity index (χ3v) is 2.87. The molecule has 3 nitrogen and oxygen atoms in total. The van der Waals surface area contributed by atoms with Crippen LogP contribution in [0.3, 0.4) is 0 Å². The molecule has 2 aromatic rings. The highest BCUT2D eigenvalue weighted by molar-refractivity contribution is 9.09. The molecular weight excluding hydrogens is 282 g/mol. The molecular formula is C13H12BrNO2. The van der Waals surface area contributed by atoms with Gasteiger partial charge in [-0.05, 0) is 23.8 Å². The van der Waals surface area contributed by atoms with Gasteiger partial charge >= 0.3 is 5.97 Å². The van der Waals surface area contributed by atoms with E-state index >= 15 is 0 Å². The predicted molar refractivity (Wildman–Crippen MR) is 72.5 cm³/mol. The van der Waals surface area contributed by atoms with Gasteiger partial charge in [0.05, 0.1) is 12.7 Å². The number of aromatic amines is 1. The highest BCUT2D eigenvalue weighted by Crippen LogP contribution is 2.21. The van der Waals surface area contributed by atoms with Crippen LogP contribution in [0.15, 0.2) is 30.5 Å². The van der Waals surface area contributed by atoms with E-state index in [4.69, 9.17) is 4.74 Å². The summed E-state index contributed by atoms with van der Waals surface area (Å²) in [5.74, 6) is -0.316. The third-order valence-electron chi connectivity index (χ3n) is 2.50. The Balaban J connectivity index is 2.58. The summed E-state index contributed by atoms with van der Waals surface area (Å²) in [4.78, 5) is 14.8. The Hall–Kier alpha value is -1.55. The molecule has 1 heterocycles. The maximum Gasteiger partial charge on any atom is 0.338 e. The molecule has 88 valence electrons. The van der Waals surface area contributed by atoms with Crippen molar-refractivity contribution in [1.29, 1.82) is 0 Å². The van der Waals surface area contributed by atoms with E-state index in [2.05, 4.69) is 20.9 Å². The van der Waals surface area contributed by atoms with E-state index in [-0.39, 0.29) is 5.97 Å². The van der Waals surface area contributed by atoms with Gasteiger partial charge in [-0.15, -0.1) is 0 Å². The largest absolute Gasteiger partial charge is 0.465 e. The number of ether oxygens (including phenoxy) is 1. The van der Waals surface area contributed by atoms with E-state index in [9.17, 15) is 4.79 Å². The molecule has 1 N–H and O–H groups in total. The fourth-order valence-corrected chi connectivity index (χ4v) is 1.93. The van der Waals surface area contributed by atoms with E-state index in [0.29, 0.717) is 5.56 Å². The second kappa shape index (κ2) is 5.19. The zero-order valence-corrected chi connectivity index (χ0v) is 11.0. The number of fused-ring (bicyclic) bond motifs is 1. The summed E-state index contributed by atoms with van der Waals surface area (Å²) in [6.45, 7) is 0. The summed E-state index contributed by atoms with van der Waals surface area (Å²) in [5.41, 5.74) is 2.49. The van der Waals surface area contributed by atoms with E-state index in [1.807, 2.05) is 36.5 Å². The first-order valence-electron chi connectivity index (χ1n) is 5.18. The van der Waals surface area contributed by atoms with Gasteiger partial charge in [0.2, 0.25) is 0 Å². The van der Waals surface area contributed by atoms with E-state index in [0.717, 1.165) is 21.8 Å². The molecule has 0 fully saturated rings. The third kappa shape index (κ3) is 2.42. The van der Waals surface area contributed by atoms with Crippen molar-refractivity contribution in [3.8, 4) is 0 Å². The number of rotatable bonds is 3. The zero-order chi connectivity index (χ0) is 12.3. The van der Waals surface area contributed by atoms with E-state index < -0.39 is 0 Å². The average Bonchev–Trinajstić information content (AvgIpc) is 2.82. The molecule has 4 heteroatoms. The summed E-state index contributed by atoms with van der Waals surface area (Å²) < 4.78 is 4.79. The van der Waals surface area contributed by atoms with Gasteiger partial charge in [-0.3, -0.25) is 0 Å². The van der Waals surface area contributed by atoms with Crippen molar-refractivity contribution in [3.05, 3.63) is 41.6 Å². The summed E-state index contributed by atoms with van der Waals surface area (Å²) in [5, 5.41) is 1.66. The molecule has 0 spiro atoms. The molecule has 0 unspecified atom stereocenters. The van der Waals surface area contributed by atoms with Crippen molar-refractivity contribution in [2.75, 3.05) is 12.4 Å². The van der Waals surface area contributed by atoms with Crippen molar-refractivity contribution in [2.45, 2.75) is 0 Å². The second-order valence-electron chi connectivity index (χ2n) is 3.56. The fourth-order valence-electron chi connectivity index (χ4n) is 1.75. The lowest BCUT2D eigenvalue weighted by Crippen LogP contribution is -2.02. The quantitative estimate of drug-likeness (QED) is 0.696. The van der Waals surface area contributed by atoms with Crippen LogP contribution in [0.4, 0.5) is 0 Å². The topological polar surface area (TPSA) is 42.1 Å². The number of H-pyrrole nitrogens is 1. The van der Waals surface area contributed by atoms with Crippen LogP contribution in [0.2, 0.25) is 0 Å². The van der Waals surface area contributed by atoms with Crippen LogP contribution in [0, 0.1) is 0 Å². The van der Waals surface area contributed by atoms with Crippen LogP contribution in [0.1, 0.15) is 15.9 Å². The summed E-state index contributed by atoms with van der Waals surface area (Å²) >= 11 is 3.32. The average molecular weight is 294 g/mol. The summed E-state index contributed by atoms with van der Waals surface area (Å²) in [6.07, 6.45) is 5.75. The van der Waals surface area contributed by atoms with Crippen molar-refractivity contribution in [1.82, 2.24) is 4.98 Å². The van der Waals surface area contributed by atoms with Gasteiger partial charge < -0.3 is 9.72 Å². The molecule has 0 saturated heterocycles. The Morgan fingerprint density at radius 2 is 2.35 bits per heavy atom. The van der Waals surface area contributed by atoms with Crippen LogP contribution in [0.5, 0.6) is 0 Å². The lowest BCUT2D eigenvalue weighted by molar-refractivity contribution is 0.0603. The number of nitrogens with one attached hydrogen (secondary N) is 1. The molecule has 0 aliphatic heterocycles. The number of carbonyl (C=O) groups is 1. The Morgan fingerprint density at radius 3 is 3.06 bits per heavy atom. The monoisotopic (exact) mass is 293 g/mol. The van der Waals surface area contributed by atoms with Crippen LogP contribution in [0.25, 0.3) is 17.0 Å². The number of allylic oxidation sites excluding steroid dienone is 1. The lowest BCUT2D eigenvalue weighted by Gasteiger charge is -2.03. The first-order valence-corrected chi connectivity index (χ1v) is 6.30. The van der Waals surface area contributed by atoms with Gasteiger partial charge in [-0.2, -0.15) is 0 Å². The minimum absolute atomic E-state index is 0.316. The molecule has 0 amide bonds. The number of carbonyl (C=O) groups excluding carboxylic acids is 1. The van der Waals surface area contributed by atoms with E-state index in [1.165, 1.54) is 7.11 Å². The standard InChI is InChI=1S/C13H12BrNO2/c1-17-13(16)11-7-9(3-2-5-14)8-12-10(11)4-6-15-12/h2-4,6-8,15H,5H2,1H3. The van der Waals surface area contributed by atoms with Crippen molar-refractivity contribution < 1.29 is 9.53 Å². The lowest BCUT2D eigenvalue weighted by atomic mass is 10.1. The number of aromatic nitrogens is 1. The molecule has 0 radical (unpaired) electrons. The molecule has 0 saturated carbocycles. The highest BCUT2D eigenvalue weighted by Gasteiger charge is 2.11. The van der Waals surface area contributed by atoms with Gasteiger partial charge in [-0.25, -0.2) is 4.79 Å². The number of hydrogen-bond acceptors (Lipinski definition) is 2. The number of benzene rings is 1. The number of methoxy groups -OCH3 is 1. The Labute approximate surface area is 108 Å². The van der Waals surface area contributed by atoms with Crippen LogP contribution in [-0.4, -0.2) is 23.4 Å². The second-order valence-corrected chi connectivity index (χ2v) is 4.20. The minimum atomic E-state index is -0.316. The first kappa shape index (κ1) is 11.9. The molecule has 0 bridgehead atoms. The minimum Gasteiger partial charge on any atom is -0.465 e. The van der Waals surface area contributed by atoms with Gasteiger partial charge in [-0.1, -0.05) is 28.1 Å². The van der Waals surface area contributed by atoms with E-state index in [1.54, 1.807) is 0 Å². The SMILES string of the molecule is COC(=O)c1cc(C=CCBr)cc2[nH]ccc12. The van der Waals surface area contributed by atoms with Crippen LogP contribution in [-0.2, 0) is 4.74 Å². The van der Waals surface area contributed by atoms with Gasteiger partial charge in [0.25, 0.3) is 0 Å². The molecule has 2 rings (SSSR count). The summed E-state index contributed by atoms with van der Waals surface area (Å²) in [6, 6.07) is 5.71. The smallest absolute Gasteiger partial charge is 0.338 e. The number of hydrogen-bond donors (Lipinski definition) is 1. The Morgan fingerprint density at radius 1 is 1.53 bits per heavy atom. The predicted octanol–water partition coefficient (Wildman–Crippen LogP) is 3.36. The van der Waals surface area contributed by atoms with Crippen molar-refractivity contribution in [3.63, 3.8) is 0 Å². The summed E-state index contributed by atoms with van der Waals surface area (Å²) in [7, 11) is 1.39. The molecule has 0 aliphatic carbocycles.